The Kier molecular flexibility index (Phi) is 9.84. The summed E-state index contributed by atoms with van der Waals surface area (Å²) in [6.45, 7) is 11.4. The zero-order valence-electron chi connectivity index (χ0n) is 23.7. The smallest absolute Gasteiger partial charge is 0.260 e. The van der Waals surface area contributed by atoms with Gasteiger partial charge in [-0.2, -0.15) is 0 Å². The molecule has 1 fully saturated rings. The fourth-order valence-corrected chi connectivity index (χ4v) is 5.92. The van der Waals surface area contributed by atoms with E-state index in [0.717, 1.165) is 61.2 Å². The number of hydrogen-bond acceptors (Lipinski definition) is 4. The molecule has 2 aliphatic rings. The van der Waals surface area contributed by atoms with E-state index >= 15 is 0 Å². The molecule has 0 N–H and O–H groups in total. The van der Waals surface area contributed by atoms with Gasteiger partial charge in [0.2, 0.25) is 5.91 Å². The number of piperidine rings is 1. The molecule has 38 heavy (non-hydrogen) atoms. The lowest BCUT2D eigenvalue weighted by molar-refractivity contribution is -0.135. The van der Waals surface area contributed by atoms with E-state index in [1.54, 1.807) is 0 Å². The third-order valence-corrected chi connectivity index (χ3v) is 8.14. The molecule has 0 aromatic heterocycles. The fourth-order valence-electron chi connectivity index (χ4n) is 5.92. The Hall–Kier alpha value is -2.86. The van der Waals surface area contributed by atoms with Crippen LogP contribution in [0.4, 0.5) is 5.69 Å². The van der Waals surface area contributed by atoms with E-state index in [-0.39, 0.29) is 18.4 Å². The first-order chi connectivity index (χ1) is 18.4. The third-order valence-electron chi connectivity index (χ3n) is 8.14. The maximum absolute atomic E-state index is 13.7. The second kappa shape index (κ2) is 13.3. The minimum Gasteiger partial charge on any atom is -0.484 e. The summed E-state index contributed by atoms with van der Waals surface area (Å²) in [5.74, 6) is 1.49. The molecule has 0 saturated carbocycles. The molecule has 2 unspecified atom stereocenters. The fraction of sp³-hybridized carbons (Fsp3) is 0.562. The van der Waals surface area contributed by atoms with Crippen molar-refractivity contribution in [3.8, 4) is 5.75 Å². The Morgan fingerprint density at radius 3 is 2.47 bits per heavy atom. The van der Waals surface area contributed by atoms with E-state index < -0.39 is 0 Å². The lowest BCUT2D eigenvalue weighted by Crippen LogP contribution is -2.53. The van der Waals surface area contributed by atoms with Crippen molar-refractivity contribution in [3.05, 3.63) is 59.7 Å². The lowest BCUT2D eigenvalue weighted by Gasteiger charge is -2.44. The largest absolute Gasteiger partial charge is 0.484 e. The van der Waals surface area contributed by atoms with Crippen molar-refractivity contribution in [1.29, 1.82) is 0 Å². The van der Waals surface area contributed by atoms with Crippen LogP contribution in [0.25, 0.3) is 0 Å². The second-order valence-corrected chi connectivity index (χ2v) is 11.3. The van der Waals surface area contributed by atoms with Gasteiger partial charge in [0.25, 0.3) is 5.91 Å². The summed E-state index contributed by atoms with van der Waals surface area (Å²) in [6.07, 6.45) is 5.95. The minimum absolute atomic E-state index is 0.00671. The standard InChI is InChI=1S/C32H45N3O3/c1-5-31(36)35-20-18-27-13-10-14-28(34(27)19-17-24(2)3)22-33(21-26-12-7-8-15-29(26)35)32(37)23-38-30-16-9-6-11-25(30)4/h6-9,11-12,15-16,24,27-28H,5,10,13-14,17-23H2,1-4H3. The quantitative estimate of drug-likeness (QED) is 0.463. The summed E-state index contributed by atoms with van der Waals surface area (Å²) in [5, 5.41) is 0. The number of para-hydroxylation sites is 2. The summed E-state index contributed by atoms with van der Waals surface area (Å²) in [6, 6.07) is 16.7. The monoisotopic (exact) mass is 519 g/mol. The topological polar surface area (TPSA) is 53.1 Å². The highest BCUT2D eigenvalue weighted by Crippen LogP contribution is 2.31. The number of nitrogens with zero attached hydrogens (tertiary/aromatic N) is 3. The van der Waals surface area contributed by atoms with Gasteiger partial charge in [-0.25, -0.2) is 0 Å². The molecule has 2 aliphatic heterocycles. The minimum atomic E-state index is -0.0124. The van der Waals surface area contributed by atoms with Crippen LogP contribution >= 0.6 is 0 Å². The number of carbonyl (C=O) groups is 2. The zero-order valence-corrected chi connectivity index (χ0v) is 23.7. The van der Waals surface area contributed by atoms with Crippen molar-refractivity contribution in [2.45, 2.75) is 84.8 Å². The van der Waals surface area contributed by atoms with E-state index in [1.807, 2.05) is 66.1 Å². The molecule has 2 aromatic carbocycles. The van der Waals surface area contributed by atoms with Gasteiger partial charge in [0.1, 0.15) is 5.75 Å². The molecule has 0 radical (unpaired) electrons. The van der Waals surface area contributed by atoms with Crippen LogP contribution in [0.2, 0.25) is 0 Å². The van der Waals surface area contributed by atoms with Crippen LogP contribution in [-0.2, 0) is 16.1 Å². The van der Waals surface area contributed by atoms with Crippen molar-refractivity contribution >= 4 is 17.5 Å². The molecule has 0 spiro atoms. The molecule has 2 atom stereocenters. The highest BCUT2D eigenvalue weighted by molar-refractivity contribution is 5.94. The number of anilines is 1. The average molecular weight is 520 g/mol. The zero-order chi connectivity index (χ0) is 27.1. The third kappa shape index (κ3) is 6.96. The molecule has 6 heteroatoms. The number of aryl methyl sites for hydroxylation is 1. The molecule has 4 rings (SSSR count). The Morgan fingerprint density at radius 2 is 1.71 bits per heavy atom. The van der Waals surface area contributed by atoms with E-state index in [4.69, 9.17) is 4.74 Å². The normalized spacial score (nSPS) is 20.6. The molecule has 0 aliphatic carbocycles. The van der Waals surface area contributed by atoms with E-state index in [9.17, 15) is 9.59 Å². The Labute approximate surface area is 228 Å². The summed E-state index contributed by atoms with van der Waals surface area (Å²) < 4.78 is 6.01. The van der Waals surface area contributed by atoms with Crippen LogP contribution in [-0.4, -0.2) is 59.9 Å². The van der Waals surface area contributed by atoms with Gasteiger partial charge in [0, 0.05) is 43.8 Å². The summed E-state index contributed by atoms with van der Waals surface area (Å²) in [4.78, 5) is 33.5. The Bertz CT molecular complexity index is 1090. The molecule has 1 saturated heterocycles. The number of amides is 2. The van der Waals surface area contributed by atoms with E-state index in [1.165, 1.54) is 0 Å². The van der Waals surface area contributed by atoms with Crippen LogP contribution < -0.4 is 9.64 Å². The van der Waals surface area contributed by atoms with E-state index in [0.29, 0.717) is 44.1 Å². The predicted octanol–water partition coefficient (Wildman–Crippen LogP) is 5.82. The molecule has 6 nitrogen and oxygen atoms in total. The average Bonchev–Trinajstić information content (AvgIpc) is 2.92. The van der Waals surface area contributed by atoms with Gasteiger partial charge >= 0.3 is 0 Å². The number of rotatable bonds is 7. The molecule has 206 valence electrons. The van der Waals surface area contributed by atoms with Gasteiger partial charge in [0.15, 0.2) is 6.61 Å². The molecular weight excluding hydrogens is 474 g/mol. The first-order valence-electron chi connectivity index (χ1n) is 14.5. The molecular formula is C32H45N3O3. The molecule has 2 bridgehead atoms. The van der Waals surface area contributed by atoms with Gasteiger partial charge in [-0.1, -0.05) is 63.6 Å². The van der Waals surface area contributed by atoms with Gasteiger partial charge in [-0.3, -0.25) is 14.5 Å². The Balaban J connectivity index is 1.67. The summed E-state index contributed by atoms with van der Waals surface area (Å²) in [5.41, 5.74) is 2.97. The summed E-state index contributed by atoms with van der Waals surface area (Å²) in [7, 11) is 0. The van der Waals surface area contributed by atoms with Gasteiger partial charge in [-0.05, 0) is 68.3 Å². The van der Waals surface area contributed by atoms with Crippen LogP contribution in [0.1, 0.15) is 70.4 Å². The van der Waals surface area contributed by atoms with Gasteiger partial charge in [0.05, 0.1) is 0 Å². The van der Waals surface area contributed by atoms with Gasteiger partial charge < -0.3 is 14.5 Å². The van der Waals surface area contributed by atoms with Crippen LogP contribution in [0.5, 0.6) is 5.75 Å². The number of fused-ring (bicyclic) bond motifs is 3. The highest BCUT2D eigenvalue weighted by Gasteiger charge is 2.34. The van der Waals surface area contributed by atoms with Crippen LogP contribution in [0.3, 0.4) is 0 Å². The SMILES string of the molecule is CCC(=O)N1CCC2CCCC(CN(C(=O)COc3ccccc3C)Cc3ccccc31)N2CCC(C)C. The second-order valence-electron chi connectivity index (χ2n) is 11.3. The van der Waals surface area contributed by atoms with Crippen molar-refractivity contribution in [3.63, 3.8) is 0 Å². The van der Waals surface area contributed by atoms with E-state index in [2.05, 4.69) is 24.8 Å². The number of ether oxygens (including phenoxy) is 1. The Morgan fingerprint density at radius 1 is 0.974 bits per heavy atom. The van der Waals surface area contributed by atoms with Crippen molar-refractivity contribution in [2.75, 3.05) is 31.1 Å². The van der Waals surface area contributed by atoms with Crippen molar-refractivity contribution in [1.82, 2.24) is 9.80 Å². The van der Waals surface area contributed by atoms with Crippen LogP contribution in [0, 0.1) is 12.8 Å². The van der Waals surface area contributed by atoms with Crippen molar-refractivity contribution in [2.24, 2.45) is 5.92 Å². The highest BCUT2D eigenvalue weighted by atomic mass is 16.5. The first-order valence-corrected chi connectivity index (χ1v) is 14.5. The number of carbonyl (C=O) groups excluding carboxylic acids is 2. The predicted molar refractivity (Wildman–Crippen MR) is 153 cm³/mol. The summed E-state index contributed by atoms with van der Waals surface area (Å²) >= 11 is 0. The number of hydrogen-bond donors (Lipinski definition) is 0. The van der Waals surface area contributed by atoms with Gasteiger partial charge in [-0.15, -0.1) is 0 Å². The molecule has 2 amide bonds. The number of benzene rings is 2. The molecule has 2 heterocycles. The lowest BCUT2D eigenvalue weighted by atomic mass is 9.92. The first kappa shape index (κ1) is 28.2. The maximum atomic E-state index is 13.7. The molecule has 2 aromatic rings. The van der Waals surface area contributed by atoms with Crippen LogP contribution in [0.15, 0.2) is 48.5 Å². The van der Waals surface area contributed by atoms with Crippen molar-refractivity contribution < 1.29 is 14.3 Å². The maximum Gasteiger partial charge on any atom is 0.260 e.